The van der Waals surface area contributed by atoms with Crippen molar-refractivity contribution in [2.45, 2.75) is 45.2 Å². The highest BCUT2D eigenvalue weighted by Crippen LogP contribution is 2.29. The number of piperidine rings is 1. The zero-order valence-corrected chi connectivity index (χ0v) is 15.7. The Bertz CT molecular complexity index is 997. The van der Waals surface area contributed by atoms with Crippen molar-refractivity contribution in [3.05, 3.63) is 47.3 Å². The molecular weight excluding hydrogens is 360 g/mol. The number of carbonyl (C=O) groups excluding carboxylic acids is 1. The summed E-state index contributed by atoms with van der Waals surface area (Å²) in [6, 6.07) is 4.07. The summed E-state index contributed by atoms with van der Waals surface area (Å²) < 4.78 is 5.69. The van der Waals surface area contributed by atoms with E-state index in [-0.39, 0.29) is 29.3 Å². The van der Waals surface area contributed by atoms with Gasteiger partial charge in [0.05, 0.1) is 0 Å². The van der Waals surface area contributed by atoms with E-state index in [1.165, 1.54) is 0 Å². The van der Waals surface area contributed by atoms with E-state index in [0.29, 0.717) is 11.2 Å². The van der Waals surface area contributed by atoms with Gasteiger partial charge in [-0.2, -0.15) is 0 Å². The molecular formula is C20H22N4O4. The van der Waals surface area contributed by atoms with Gasteiger partial charge in [-0.1, -0.05) is 6.42 Å². The molecule has 2 unspecified atom stereocenters. The van der Waals surface area contributed by atoms with Crippen LogP contribution < -0.4 is 5.43 Å². The summed E-state index contributed by atoms with van der Waals surface area (Å²) in [5.74, 6) is -2.01. The Kier molecular flexibility index (Phi) is 4.64. The Balaban J connectivity index is 1.65. The zero-order valence-electron chi connectivity index (χ0n) is 15.7. The average Bonchev–Trinajstić information content (AvgIpc) is 3.20. The molecule has 8 nitrogen and oxygen atoms in total. The lowest BCUT2D eigenvalue weighted by Gasteiger charge is -2.39. The lowest BCUT2D eigenvalue weighted by Crippen LogP contribution is -2.51. The predicted molar refractivity (Wildman–Crippen MR) is 103 cm³/mol. The summed E-state index contributed by atoms with van der Waals surface area (Å²) in [5.41, 5.74) is 4.06. The maximum atomic E-state index is 12.7. The minimum Gasteiger partial charge on any atom is -0.477 e. The number of Topliss-reactive ketones (excluding diaryl/α,β-unsaturated/α-hetero) is 1. The molecule has 0 radical (unpaired) electrons. The molecule has 0 amide bonds. The number of rotatable bonds is 4. The molecule has 4 rings (SSSR count). The summed E-state index contributed by atoms with van der Waals surface area (Å²) >= 11 is 0. The monoisotopic (exact) mass is 382 g/mol. The molecule has 4 heterocycles. The highest BCUT2D eigenvalue weighted by Gasteiger charge is 2.38. The molecule has 1 fully saturated rings. The Labute approximate surface area is 161 Å². The number of carboxylic acid groups (broad SMARTS) is 1. The molecule has 3 N–H and O–H groups in total. The van der Waals surface area contributed by atoms with Crippen LogP contribution in [0.2, 0.25) is 0 Å². The van der Waals surface area contributed by atoms with Gasteiger partial charge in [-0.25, -0.2) is 14.8 Å². The second-order valence-corrected chi connectivity index (χ2v) is 7.24. The summed E-state index contributed by atoms with van der Waals surface area (Å²) in [5, 5.41) is 12.4. The number of nitrogens with one attached hydrogen (secondary N) is 2. The van der Waals surface area contributed by atoms with Gasteiger partial charge >= 0.3 is 5.97 Å². The molecule has 0 aromatic carbocycles. The number of aromatic nitrogens is 2. The van der Waals surface area contributed by atoms with Gasteiger partial charge in [-0.15, -0.1) is 0 Å². The summed E-state index contributed by atoms with van der Waals surface area (Å²) in [6.07, 6.45) is 8.02. The molecule has 146 valence electrons. The number of aliphatic carboxylic acids is 1. The van der Waals surface area contributed by atoms with Crippen molar-refractivity contribution in [2.75, 3.05) is 0 Å². The maximum Gasteiger partial charge on any atom is 0.345 e. The Hall–Kier alpha value is -3.13. The smallest absolute Gasteiger partial charge is 0.345 e. The van der Waals surface area contributed by atoms with Crippen LogP contribution >= 0.6 is 0 Å². The number of pyridine rings is 1. The van der Waals surface area contributed by atoms with E-state index in [4.69, 9.17) is 4.74 Å². The molecule has 2 aliphatic rings. The minimum atomic E-state index is -1.31. The van der Waals surface area contributed by atoms with Crippen molar-refractivity contribution in [3.8, 4) is 0 Å². The molecule has 0 saturated carbocycles. The molecule has 0 bridgehead atoms. The van der Waals surface area contributed by atoms with Crippen LogP contribution in [-0.4, -0.2) is 43.9 Å². The number of hydrogen-bond acceptors (Lipinski definition) is 6. The van der Waals surface area contributed by atoms with E-state index in [0.717, 1.165) is 24.6 Å². The fourth-order valence-electron chi connectivity index (χ4n) is 3.80. The fourth-order valence-corrected chi connectivity index (χ4v) is 3.80. The van der Waals surface area contributed by atoms with E-state index in [9.17, 15) is 14.7 Å². The normalized spacial score (nSPS) is 24.8. The minimum absolute atomic E-state index is 0.0256. The second-order valence-electron chi connectivity index (χ2n) is 7.24. The van der Waals surface area contributed by atoms with Crippen LogP contribution in [0.15, 0.2) is 41.7 Å². The third-order valence-electron chi connectivity index (χ3n) is 5.30. The molecule has 0 spiro atoms. The second kappa shape index (κ2) is 7.12. The number of hydrogen-bond donors (Lipinski definition) is 3. The molecule has 28 heavy (non-hydrogen) atoms. The van der Waals surface area contributed by atoms with Gasteiger partial charge in [0, 0.05) is 35.4 Å². The summed E-state index contributed by atoms with van der Waals surface area (Å²) in [7, 11) is 0. The number of H-pyrrole nitrogens is 1. The van der Waals surface area contributed by atoms with Crippen molar-refractivity contribution in [2.24, 2.45) is 0 Å². The van der Waals surface area contributed by atoms with E-state index in [1.54, 1.807) is 24.5 Å². The van der Waals surface area contributed by atoms with Gasteiger partial charge in [-0.05, 0) is 44.9 Å². The van der Waals surface area contributed by atoms with Gasteiger partial charge in [0.25, 0.3) is 0 Å². The van der Waals surface area contributed by atoms with Crippen molar-refractivity contribution < 1.29 is 19.4 Å². The van der Waals surface area contributed by atoms with Crippen LogP contribution in [0.5, 0.6) is 0 Å². The van der Waals surface area contributed by atoms with Crippen LogP contribution in [0.4, 0.5) is 0 Å². The summed E-state index contributed by atoms with van der Waals surface area (Å²) in [6.45, 7) is 4.13. The molecule has 2 aromatic heterocycles. The van der Waals surface area contributed by atoms with Crippen molar-refractivity contribution in [1.29, 1.82) is 0 Å². The lowest BCUT2D eigenvalue weighted by molar-refractivity contribution is -0.134. The predicted octanol–water partition coefficient (Wildman–Crippen LogP) is 2.57. The van der Waals surface area contributed by atoms with E-state index in [2.05, 4.69) is 29.2 Å². The topological polar surface area (TPSA) is 108 Å². The van der Waals surface area contributed by atoms with Gasteiger partial charge in [0.2, 0.25) is 11.7 Å². The number of ether oxygens (including phenoxy) is 1. The first kappa shape index (κ1) is 18.2. The number of carbonyl (C=O) groups is 2. The largest absolute Gasteiger partial charge is 0.477 e. The first-order chi connectivity index (χ1) is 13.5. The molecule has 0 aliphatic carbocycles. The van der Waals surface area contributed by atoms with E-state index in [1.807, 2.05) is 11.1 Å². The third-order valence-corrected chi connectivity index (χ3v) is 5.30. The zero-order chi connectivity index (χ0) is 19.8. The van der Waals surface area contributed by atoms with Crippen LogP contribution in [-0.2, 0) is 14.3 Å². The molecule has 8 heteroatoms. The SMILES string of the molecule is CC1CCCC(C)N1NC1=C(C(=O)O)C(=O)C(=Cc2c[nH]c3ncccc23)O1. The Morgan fingerprint density at radius 3 is 2.86 bits per heavy atom. The molecule has 1 saturated heterocycles. The number of allylic oxidation sites excluding steroid dienone is 1. The lowest BCUT2D eigenvalue weighted by atomic mass is 10.00. The van der Waals surface area contributed by atoms with Gasteiger partial charge in [-0.3, -0.25) is 10.2 Å². The highest BCUT2D eigenvalue weighted by atomic mass is 16.5. The molecule has 2 aliphatic heterocycles. The number of fused-ring (bicyclic) bond motifs is 1. The van der Waals surface area contributed by atoms with Gasteiger partial charge in [0.15, 0.2) is 11.3 Å². The summed E-state index contributed by atoms with van der Waals surface area (Å²) in [4.78, 5) is 31.7. The van der Waals surface area contributed by atoms with Crippen LogP contribution in [0.3, 0.4) is 0 Å². The maximum absolute atomic E-state index is 12.7. The first-order valence-corrected chi connectivity index (χ1v) is 9.34. The number of ketones is 1. The standard InChI is InChI=1S/C20H22N4O4/c1-11-5-3-6-12(2)24(11)23-19-16(20(26)27)17(25)15(28-19)9-13-10-22-18-14(13)7-4-8-21-18/h4,7-12,23H,3,5-6H2,1-2H3,(H,21,22)(H,26,27). The van der Waals surface area contributed by atoms with Crippen molar-refractivity contribution in [3.63, 3.8) is 0 Å². The molecule has 2 aromatic rings. The molecule has 2 atom stereocenters. The Morgan fingerprint density at radius 1 is 1.39 bits per heavy atom. The van der Waals surface area contributed by atoms with Crippen molar-refractivity contribution >= 4 is 28.9 Å². The van der Waals surface area contributed by atoms with Gasteiger partial charge < -0.3 is 14.8 Å². The average molecular weight is 382 g/mol. The number of aromatic amines is 1. The third kappa shape index (κ3) is 3.16. The highest BCUT2D eigenvalue weighted by molar-refractivity contribution is 6.26. The van der Waals surface area contributed by atoms with Crippen LogP contribution in [0.25, 0.3) is 17.1 Å². The Morgan fingerprint density at radius 2 is 2.14 bits per heavy atom. The van der Waals surface area contributed by atoms with E-state index < -0.39 is 11.8 Å². The quantitative estimate of drug-likeness (QED) is 0.551. The number of hydrazine groups is 1. The van der Waals surface area contributed by atoms with Crippen LogP contribution in [0.1, 0.15) is 38.7 Å². The number of nitrogens with zero attached hydrogens (tertiary/aromatic N) is 2. The van der Waals surface area contributed by atoms with E-state index >= 15 is 0 Å². The van der Waals surface area contributed by atoms with Gasteiger partial charge in [0.1, 0.15) is 5.65 Å². The first-order valence-electron chi connectivity index (χ1n) is 9.34. The van der Waals surface area contributed by atoms with Crippen molar-refractivity contribution in [1.82, 2.24) is 20.4 Å². The van der Waals surface area contributed by atoms with Crippen LogP contribution in [0, 0.1) is 0 Å². The number of carboxylic acids is 1. The fraction of sp³-hybridized carbons (Fsp3) is 0.350.